The highest BCUT2D eigenvalue weighted by Gasteiger charge is 2.14. The number of aromatic nitrogens is 1. The van der Waals surface area contributed by atoms with E-state index in [1.54, 1.807) is 18.2 Å². The number of pyridine rings is 1. The number of nitrogens with zero attached hydrogens (tertiary/aromatic N) is 1. The van der Waals surface area contributed by atoms with Gasteiger partial charge in [-0.05, 0) is 18.2 Å². The van der Waals surface area contributed by atoms with E-state index < -0.39 is 5.91 Å². The van der Waals surface area contributed by atoms with Gasteiger partial charge in [-0.15, -0.1) is 0 Å². The van der Waals surface area contributed by atoms with Crippen molar-refractivity contribution in [2.24, 2.45) is 5.73 Å². The summed E-state index contributed by atoms with van der Waals surface area (Å²) in [5.41, 5.74) is 11.1. The van der Waals surface area contributed by atoms with Crippen molar-refractivity contribution in [2.45, 2.75) is 0 Å². The number of primary amides is 1. The molecule has 0 fully saturated rings. The molecule has 0 unspecified atom stereocenters. The molecule has 0 saturated heterocycles. The maximum Gasteiger partial charge on any atom is 0.254 e. The molecule has 1 amide bonds. The molecule has 5 nitrogen and oxygen atoms in total. The van der Waals surface area contributed by atoms with E-state index in [0.29, 0.717) is 10.7 Å². The molecule has 0 spiro atoms. The molecule has 0 saturated carbocycles. The van der Waals surface area contributed by atoms with Crippen LogP contribution < -0.4 is 16.2 Å². The molecule has 1 aromatic heterocycles. The fourth-order valence-corrected chi connectivity index (χ4v) is 1.72. The van der Waals surface area contributed by atoms with Crippen LogP contribution in [0.15, 0.2) is 30.5 Å². The van der Waals surface area contributed by atoms with Gasteiger partial charge in [0.25, 0.3) is 5.91 Å². The number of carbonyl (C=O) groups is 1. The molecule has 0 aliphatic rings. The first-order valence-corrected chi connectivity index (χ1v) is 5.92. The second kappa shape index (κ2) is 5.34. The first-order valence-electron chi connectivity index (χ1n) is 5.16. The predicted octanol–water partition coefficient (Wildman–Crippen LogP) is 2.86. The number of benzene rings is 1. The number of halogens is 2. The lowest BCUT2D eigenvalue weighted by Crippen LogP contribution is -2.13. The van der Waals surface area contributed by atoms with Crippen molar-refractivity contribution in [3.63, 3.8) is 0 Å². The molecule has 4 N–H and O–H groups in total. The predicted molar refractivity (Wildman–Crippen MR) is 73.7 cm³/mol. The monoisotopic (exact) mass is 297 g/mol. The van der Waals surface area contributed by atoms with E-state index in [1.165, 1.54) is 12.3 Å². The third-order valence-corrected chi connectivity index (χ3v) is 3.06. The molecule has 0 bridgehead atoms. The molecule has 0 aliphatic carbocycles. The number of hydrogen-bond acceptors (Lipinski definition) is 4. The summed E-state index contributed by atoms with van der Waals surface area (Å²) in [5.74, 6) is -0.409. The van der Waals surface area contributed by atoms with Crippen molar-refractivity contribution in [2.75, 3.05) is 5.73 Å². The van der Waals surface area contributed by atoms with Gasteiger partial charge in [0.1, 0.15) is 16.3 Å². The molecule has 1 aromatic carbocycles. The van der Waals surface area contributed by atoms with Gasteiger partial charge in [-0.25, -0.2) is 4.98 Å². The zero-order valence-electron chi connectivity index (χ0n) is 9.56. The Morgan fingerprint density at radius 2 is 2.05 bits per heavy atom. The van der Waals surface area contributed by atoms with Gasteiger partial charge in [-0.3, -0.25) is 4.79 Å². The summed E-state index contributed by atoms with van der Waals surface area (Å²) in [4.78, 5) is 15.2. The lowest BCUT2D eigenvalue weighted by atomic mass is 10.2. The molecule has 0 atom stereocenters. The molecule has 0 aliphatic heterocycles. The maximum atomic E-state index is 11.3. The normalized spacial score (nSPS) is 10.2. The van der Waals surface area contributed by atoms with Crippen molar-refractivity contribution in [3.8, 4) is 11.6 Å². The van der Waals surface area contributed by atoms with Gasteiger partial charge >= 0.3 is 0 Å². The molecule has 1 heterocycles. The molecular weight excluding hydrogens is 289 g/mol. The van der Waals surface area contributed by atoms with Crippen LogP contribution in [-0.2, 0) is 0 Å². The van der Waals surface area contributed by atoms with Crippen LogP contribution in [0.4, 0.5) is 5.69 Å². The average Bonchev–Trinajstić information content (AvgIpc) is 2.36. The molecule has 0 radical (unpaired) electrons. The summed E-state index contributed by atoms with van der Waals surface area (Å²) in [6.07, 6.45) is 1.35. The number of nitrogen functional groups attached to an aromatic ring is 1. The van der Waals surface area contributed by atoms with Gasteiger partial charge < -0.3 is 16.2 Å². The Bertz CT molecular complexity index is 647. The molecule has 7 heteroatoms. The summed E-state index contributed by atoms with van der Waals surface area (Å²) in [7, 11) is 0. The second-order valence-electron chi connectivity index (χ2n) is 3.64. The Kier molecular flexibility index (Phi) is 3.78. The van der Waals surface area contributed by atoms with Crippen LogP contribution >= 0.6 is 23.2 Å². The highest BCUT2D eigenvalue weighted by molar-refractivity contribution is 6.42. The summed E-state index contributed by atoms with van der Waals surface area (Å²) < 4.78 is 5.45. The van der Waals surface area contributed by atoms with Gasteiger partial charge in [0, 0.05) is 0 Å². The van der Waals surface area contributed by atoms with Gasteiger partial charge in [0.05, 0.1) is 16.9 Å². The third-order valence-electron chi connectivity index (χ3n) is 2.26. The Hall–Kier alpha value is -1.98. The van der Waals surface area contributed by atoms with Crippen molar-refractivity contribution < 1.29 is 9.53 Å². The standard InChI is InChI=1S/C12H9Cl2N3O2/c13-8-2-1-3-9(10(8)14)19-12-7(11(16)18)4-6(15)5-17-12/h1-5H,15H2,(H2,16,18). The fourth-order valence-electron chi connectivity index (χ4n) is 1.39. The van der Waals surface area contributed by atoms with Crippen molar-refractivity contribution in [1.82, 2.24) is 4.98 Å². The van der Waals surface area contributed by atoms with Crippen molar-refractivity contribution >= 4 is 34.8 Å². The Labute approximate surface area is 119 Å². The molecule has 19 heavy (non-hydrogen) atoms. The summed E-state index contributed by atoms with van der Waals surface area (Å²) >= 11 is 11.8. The Morgan fingerprint density at radius 3 is 2.74 bits per heavy atom. The minimum absolute atomic E-state index is 0.0193. The number of ether oxygens (including phenoxy) is 1. The number of carbonyl (C=O) groups excluding carboxylic acids is 1. The zero-order valence-corrected chi connectivity index (χ0v) is 11.1. The van der Waals surface area contributed by atoms with Gasteiger partial charge in [-0.2, -0.15) is 0 Å². The Balaban J connectivity index is 2.44. The smallest absolute Gasteiger partial charge is 0.254 e. The lowest BCUT2D eigenvalue weighted by molar-refractivity contribution is 0.0997. The Morgan fingerprint density at radius 1 is 1.32 bits per heavy atom. The van der Waals surface area contributed by atoms with E-state index in [9.17, 15) is 4.79 Å². The average molecular weight is 298 g/mol. The number of rotatable bonds is 3. The van der Waals surface area contributed by atoms with Crippen LogP contribution in [0.25, 0.3) is 0 Å². The van der Waals surface area contributed by atoms with E-state index in [1.807, 2.05) is 0 Å². The quantitative estimate of drug-likeness (QED) is 0.911. The largest absolute Gasteiger partial charge is 0.437 e. The van der Waals surface area contributed by atoms with Crippen molar-refractivity contribution in [1.29, 1.82) is 0 Å². The molecule has 2 rings (SSSR count). The minimum Gasteiger partial charge on any atom is -0.437 e. The SMILES string of the molecule is NC(=O)c1cc(N)cnc1Oc1cccc(Cl)c1Cl. The van der Waals surface area contributed by atoms with E-state index in [2.05, 4.69) is 4.98 Å². The van der Waals surface area contributed by atoms with Crippen LogP contribution in [-0.4, -0.2) is 10.9 Å². The first-order chi connectivity index (χ1) is 8.99. The minimum atomic E-state index is -0.701. The summed E-state index contributed by atoms with van der Waals surface area (Å²) in [6.45, 7) is 0. The number of anilines is 1. The van der Waals surface area contributed by atoms with Crippen LogP contribution in [0.5, 0.6) is 11.6 Å². The van der Waals surface area contributed by atoms with E-state index in [4.69, 9.17) is 39.4 Å². The first kappa shape index (κ1) is 13.5. The van der Waals surface area contributed by atoms with Gasteiger partial charge in [0.2, 0.25) is 5.88 Å². The van der Waals surface area contributed by atoms with Crippen LogP contribution in [0, 0.1) is 0 Å². The van der Waals surface area contributed by atoms with Crippen molar-refractivity contribution in [3.05, 3.63) is 46.1 Å². The molecule has 2 aromatic rings. The van der Waals surface area contributed by atoms with Gasteiger partial charge in [0.15, 0.2) is 0 Å². The van der Waals surface area contributed by atoms with Crippen LogP contribution in [0.3, 0.4) is 0 Å². The number of hydrogen-bond donors (Lipinski definition) is 2. The van der Waals surface area contributed by atoms with E-state index in [-0.39, 0.29) is 22.2 Å². The van der Waals surface area contributed by atoms with E-state index in [0.717, 1.165) is 0 Å². The maximum absolute atomic E-state index is 11.3. The topological polar surface area (TPSA) is 91.2 Å². The summed E-state index contributed by atoms with van der Waals surface area (Å²) in [6, 6.07) is 6.24. The second-order valence-corrected chi connectivity index (χ2v) is 4.42. The highest BCUT2D eigenvalue weighted by Crippen LogP contribution is 2.35. The molecular formula is C12H9Cl2N3O2. The third kappa shape index (κ3) is 2.89. The van der Waals surface area contributed by atoms with E-state index >= 15 is 0 Å². The summed E-state index contributed by atoms with van der Waals surface area (Å²) in [5, 5.41) is 0.549. The number of nitrogens with two attached hydrogens (primary N) is 2. The van der Waals surface area contributed by atoms with Crippen LogP contribution in [0.1, 0.15) is 10.4 Å². The van der Waals surface area contributed by atoms with Crippen LogP contribution in [0.2, 0.25) is 10.0 Å². The number of amides is 1. The zero-order chi connectivity index (χ0) is 14.0. The molecule has 98 valence electrons. The van der Waals surface area contributed by atoms with Gasteiger partial charge in [-0.1, -0.05) is 29.3 Å². The fraction of sp³-hybridized carbons (Fsp3) is 0. The lowest BCUT2D eigenvalue weighted by Gasteiger charge is -2.10. The highest BCUT2D eigenvalue weighted by atomic mass is 35.5.